The minimum Gasteiger partial charge on any atom is -0.497 e. The summed E-state index contributed by atoms with van der Waals surface area (Å²) >= 11 is 5.90. The summed E-state index contributed by atoms with van der Waals surface area (Å²) in [6.07, 6.45) is 1.57. The van der Waals surface area contributed by atoms with Crippen LogP contribution in [0.4, 0.5) is 17.3 Å². The number of amides is 1. The van der Waals surface area contributed by atoms with Crippen molar-refractivity contribution in [3.63, 3.8) is 0 Å². The smallest absolute Gasteiger partial charge is 0.291 e. The number of halogens is 1. The molecule has 0 saturated carbocycles. The first kappa shape index (κ1) is 17.2. The molecule has 1 N–H and O–H groups in total. The number of amidine groups is 1. The Labute approximate surface area is 161 Å². The summed E-state index contributed by atoms with van der Waals surface area (Å²) in [7, 11) is 1.61. The van der Waals surface area contributed by atoms with Crippen molar-refractivity contribution in [2.45, 2.75) is 6.54 Å². The van der Waals surface area contributed by atoms with Crippen LogP contribution < -0.4 is 15.0 Å². The average Bonchev–Trinajstić information content (AvgIpc) is 3.16. The Morgan fingerprint density at radius 2 is 1.89 bits per heavy atom. The number of fused-ring (bicyclic) bond motifs is 1. The number of anilines is 2. The minimum atomic E-state index is -0.338. The molecule has 3 aromatic rings. The van der Waals surface area contributed by atoms with E-state index in [0.717, 1.165) is 17.0 Å². The van der Waals surface area contributed by atoms with Gasteiger partial charge in [0, 0.05) is 22.0 Å². The largest absolute Gasteiger partial charge is 0.497 e. The van der Waals surface area contributed by atoms with Gasteiger partial charge in [0.15, 0.2) is 0 Å². The van der Waals surface area contributed by atoms with Gasteiger partial charge in [-0.15, -0.1) is 0 Å². The van der Waals surface area contributed by atoms with Crippen LogP contribution in [0.25, 0.3) is 0 Å². The van der Waals surface area contributed by atoms with Crippen LogP contribution in [0.3, 0.4) is 0 Å². The van der Waals surface area contributed by atoms with E-state index in [2.05, 4.69) is 10.3 Å². The molecule has 0 saturated heterocycles. The van der Waals surface area contributed by atoms with E-state index in [9.17, 15) is 4.79 Å². The second kappa shape index (κ2) is 7.17. The normalized spacial score (nSPS) is 13.0. The lowest BCUT2D eigenvalue weighted by molar-refractivity contribution is -0.110. The molecule has 0 bridgehead atoms. The lowest BCUT2D eigenvalue weighted by Crippen LogP contribution is -2.41. The third kappa shape index (κ3) is 3.52. The Kier molecular flexibility index (Phi) is 4.56. The highest BCUT2D eigenvalue weighted by atomic mass is 35.5. The maximum absolute atomic E-state index is 12.9. The Bertz CT molecular complexity index is 994. The lowest BCUT2D eigenvalue weighted by atomic mass is 10.2. The van der Waals surface area contributed by atoms with Crippen LogP contribution in [0.15, 0.2) is 70.3 Å². The van der Waals surface area contributed by atoms with E-state index in [1.807, 2.05) is 35.2 Å². The van der Waals surface area contributed by atoms with Crippen LogP contribution in [-0.4, -0.2) is 18.9 Å². The fraction of sp³-hybridized carbons (Fsp3) is 0.100. The highest BCUT2D eigenvalue weighted by Crippen LogP contribution is 2.31. The van der Waals surface area contributed by atoms with Crippen molar-refractivity contribution in [3.05, 3.63) is 71.4 Å². The summed E-state index contributed by atoms with van der Waals surface area (Å²) < 4.78 is 10.6. The summed E-state index contributed by atoms with van der Waals surface area (Å²) in [6, 6.07) is 16.2. The van der Waals surface area contributed by atoms with Crippen molar-refractivity contribution >= 4 is 40.6 Å². The van der Waals surface area contributed by atoms with Gasteiger partial charge in [-0.3, -0.25) is 4.79 Å². The zero-order valence-electron chi connectivity index (χ0n) is 14.5. The van der Waals surface area contributed by atoms with Gasteiger partial charge in [0.2, 0.25) is 11.7 Å². The molecule has 4 rings (SSSR count). The third-order valence-corrected chi connectivity index (χ3v) is 4.46. The van der Waals surface area contributed by atoms with Gasteiger partial charge in [0.05, 0.1) is 19.9 Å². The van der Waals surface area contributed by atoms with Crippen LogP contribution in [0, 0.1) is 0 Å². The molecule has 6 nitrogen and oxygen atoms in total. The topological polar surface area (TPSA) is 67.1 Å². The van der Waals surface area contributed by atoms with Crippen molar-refractivity contribution in [3.8, 4) is 5.75 Å². The first-order chi connectivity index (χ1) is 13.1. The number of furan rings is 1. The Hall–Kier alpha value is -3.25. The molecule has 0 atom stereocenters. The molecule has 27 heavy (non-hydrogen) atoms. The van der Waals surface area contributed by atoms with Gasteiger partial charge in [-0.25, -0.2) is 0 Å². The van der Waals surface area contributed by atoms with Gasteiger partial charge >= 0.3 is 0 Å². The number of carbonyl (C=O) groups excluding carboxylic acids is 1. The molecule has 2 heterocycles. The van der Waals surface area contributed by atoms with E-state index < -0.39 is 0 Å². The van der Waals surface area contributed by atoms with Gasteiger partial charge in [-0.1, -0.05) is 11.6 Å². The number of aliphatic imine (C=N–C) groups is 1. The van der Waals surface area contributed by atoms with E-state index in [0.29, 0.717) is 23.1 Å². The molecule has 1 amide bonds. The molecular weight excluding hydrogens is 366 g/mol. The lowest BCUT2D eigenvalue weighted by Gasteiger charge is -2.28. The van der Waals surface area contributed by atoms with Crippen LogP contribution in [0.2, 0.25) is 5.02 Å². The summed E-state index contributed by atoms with van der Waals surface area (Å²) in [5.41, 5.74) is 2.37. The van der Waals surface area contributed by atoms with Gasteiger partial charge in [-0.2, -0.15) is 4.99 Å². The number of rotatable bonds is 4. The highest BCUT2D eigenvalue weighted by Gasteiger charge is 2.28. The Balaban J connectivity index is 1.66. The third-order valence-electron chi connectivity index (χ3n) is 4.20. The van der Waals surface area contributed by atoms with Gasteiger partial charge in [-0.05, 0) is 54.6 Å². The standard InChI is InChI=1S/C20H16ClN3O3/c1-26-17-8-6-16(7-9-17)24-12-13-10-11-27-20(13)23-18(24)19(25)22-15-4-2-14(21)3-5-15/h2-11H,12H2,1H3,(H,22,25). The fourth-order valence-corrected chi connectivity index (χ4v) is 2.94. The van der Waals surface area contributed by atoms with E-state index in [1.165, 1.54) is 0 Å². The second-order valence-electron chi connectivity index (χ2n) is 5.93. The van der Waals surface area contributed by atoms with Gasteiger partial charge in [0.1, 0.15) is 5.75 Å². The number of hydrogen-bond donors (Lipinski definition) is 1. The molecule has 0 fully saturated rings. The average molecular weight is 382 g/mol. The predicted molar refractivity (Wildman–Crippen MR) is 105 cm³/mol. The number of nitrogens with one attached hydrogen (secondary N) is 1. The molecule has 2 aromatic carbocycles. The van der Waals surface area contributed by atoms with Crippen LogP contribution in [-0.2, 0) is 11.3 Å². The summed E-state index contributed by atoms with van der Waals surface area (Å²) in [4.78, 5) is 19.2. The maximum atomic E-state index is 12.9. The first-order valence-electron chi connectivity index (χ1n) is 8.27. The molecule has 0 spiro atoms. The fourth-order valence-electron chi connectivity index (χ4n) is 2.82. The zero-order chi connectivity index (χ0) is 18.8. The quantitative estimate of drug-likeness (QED) is 0.715. The summed E-state index contributed by atoms with van der Waals surface area (Å²) in [5.74, 6) is 1.10. The van der Waals surface area contributed by atoms with Crippen molar-refractivity contribution in [2.24, 2.45) is 4.99 Å². The molecule has 0 radical (unpaired) electrons. The molecule has 1 aromatic heterocycles. The molecule has 0 unspecified atom stereocenters. The number of nitrogens with zero attached hydrogens (tertiary/aromatic N) is 2. The number of ether oxygens (including phenoxy) is 1. The van der Waals surface area contributed by atoms with E-state index >= 15 is 0 Å². The number of carbonyl (C=O) groups is 1. The molecule has 0 aliphatic carbocycles. The van der Waals surface area contributed by atoms with Crippen LogP contribution in [0.5, 0.6) is 5.75 Å². The SMILES string of the molecule is COc1ccc(N2Cc3ccoc3N=C2C(=O)Nc2ccc(Cl)cc2)cc1. The summed E-state index contributed by atoms with van der Waals surface area (Å²) in [6.45, 7) is 0.477. The zero-order valence-corrected chi connectivity index (χ0v) is 15.2. The number of methoxy groups -OCH3 is 1. The van der Waals surface area contributed by atoms with Gasteiger partial charge < -0.3 is 19.4 Å². The maximum Gasteiger partial charge on any atom is 0.291 e. The second-order valence-corrected chi connectivity index (χ2v) is 6.37. The highest BCUT2D eigenvalue weighted by molar-refractivity contribution is 6.47. The van der Waals surface area contributed by atoms with Gasteiger partial charge in [0.25, 0.3) is 5.91 Å². The predicted octanol–water partition coefficient (Wildman–Crippen LogP) is 4.63. The number of benzene rings is 2. The van der Waals surface area contributed by atoms with Crippen molar-refractivity contribution in [1.29, 1.82) is 0 Å². The van der Waals surface area contributed by atoms with E-state index in [1.54, 1.807) is 37.6 Å². The van der Waals surface area contributed by atoms with E-state index in [4.69, 9.17) is 20.8 Å². The molecule has 7 heteroatoms. The molecule has 136 valence electrons. The summed E-state index contributed by atoms with van der Waals surface area (Å²) in [5, 5.41) is 3.45. The number of hydrogen-bond acceptors (Lipinski definition) is 5. The van der Waals surface area contributed by atoms with Crippen LogP contribution >= 0.6 is 11.6 Å². The molecular formula is C20H16ClN3O3. The minimum absolute atomic E-state index is 0.248. The monoisotopic (exact) mass is 381 g/mol. The van der Waals surface area contributed by atoms with Crippen molar-refractivity contribution in [2.75, 3.05) is 17.3 Å². The Morgan fingerprint density at radius 3 is 2.59 bits per heavy atom. The molecule has 1 aliphatic rings. The van der Waals surface area contributed by atoms with Crippen LogP contribution in [0.1, 0.15) is 5.56 Å². The van der Waals surface area contributed by atoms with Crippen molar-refractivity contribution in [1.82, 2.24) is 0 Å². The van der Waals surface area contributed by atoms with E-state index in [-0.39, 0.29) is 11.7 Å². The molecule has 1 aliphatic heterocycles. The van der Waals surface area contributed by atoms with Crippen molar-refractivity contribution < 1.29 is 13.9 Å². The first-order valence-corrected chi connectivity index (χ1v) is 8.65. The Morgan fingerprint density at radius 1 is 1.15 bits per heavy atom.